The second-order valence-corrected chi connectivity index (χ2v) is 5.38. The fourth-order valence-electron chi connectivity index (χ4n) is 2.43. The van der Waals surface area contributed by atoms with Gasteiger partial charge in [-0.05, 0) is 30.3 Å². The summed E-state index contributed by atoms with van der Waals surface area (Å²) < 4.78 is 52.2. The highest BCUT2D eigenvalue weighted by atomic mass is 19.4. The Balaban J connectivity index is 2.14. The van der Waals surface area contributed by atoms with E-state index in [9.17, 15) is 27.8 Å². The van der Waals surface area contributed by atoms with Crippen molar-refractivity contribution in [1.29, 1.82) is 0 Å². The number of rotatable bonds is 2. The molecule has 5 nitrogen and oxygen atoms in total. The van der Waals surface area contributed by atoms with E-state index in [1.807, 2.05) is 0 Å². The predicted octanol–water partition coefficient (Wildman–Crippen LogP) is 3.96. The molecule has 2 aromatic carbocycles. The van der Waals surface area contributed by atoms with Gasteiger partial charge in [0.25, 0.3) is 0 Å². The minimum Gasteiger partial charge on any atom is -0.508 e. The van der Waals surface area contributed by atoms with E-state index < -0.39 is 17.6 Å². The van der Waals surface area contributed by atoms with E-state index in [2.05, 4.69) is 9.97 Å². The molecular formula is C17H11F4N3O2. The largest absolute Gasteiger partial charge is 0.508 e. The van der Waals surface area contributed by atoms with E-state index in [0.29, 0.717) is 6.07 Å². The Labute approximate surface area is 144 Å². The van der Waals surface area contributed by atoms with Crippen molar-refractivity contribution in [3.8, 4) is 34.0 Å². The van der Waals surface area contributed by atoms with Crippen LogP contribution < -0.4 is 5.73 Å². The Bertz CT molecular complexity index is 990. The lowest BCUT2D eigenvalue weighted by Crippen LogP contribution is -2.06. The van der Waals surface area contributed by atoms with Crippen molar-refractivity contribution in [3.05, 3.63) is 54.1 Å². The SMILES string of the molecule is Nc1c(-c2ccc(O)cc2O)ncnc1-c1ccc(C(F)(F)F)cc1F. The summed E-state index contributed by atoms with van der Waals surface area (Å²) >= 11 is 0. The van der Waals surface area contributed by atoms with Crippen LogP contribution in [-0.4, -0.2) is 20.2 Å². The number of hydrogen-bond acceptors (Lipinski definition) is 5. The molecule has 0 bridgehead atoms. The highest BCUT2D eigenvalue weighted by Crippen LogP contribution is 2.38. The topological polar surface area (TPSA) is 92.3 Å². The van der Waals surface area contributed by atoms with E-state index in [4.69, 9.17) is 5.73 Å². The van der Waals surface area contributed by atoms with Crippen molar-refractivity contribution >= 4 is 5.69 Å². The lowest BCUT2D eigenvalue weighted by molar-refractivity contribution is -0.137. The summed E-state index contributed by atoms with van der Waals surface area (Å²) in [5.74, 6) is -1.66. The number of nitrogens with two attached hydrogens (primary N) is 1. The van der Waals surface area contributed by atoms with Gasteiger partial charge in [-0.15, -0.1) is 0 Å². The van der Waals surface area contributed by atoms with E-state index in [0.717, 1.165) is 24.5 Å². The minimum absolute atomic E-state index is 0.0480. The van der Waals surface area contributed by atoms with Crippen molar-refractivity contribution in [1.82, 2.24) is 9.97 Å². The molecule has 1 aromatic heterocycles. The molecule has 0 saturated carbocycles. The van der Waals surface area contributed by atoms with Crippen LogP contribution in [0.5, 0.6) is 11.5 Å². The number of phenols is 2. The Kier molecular flexibility index (Phi) is 4.15. The second kappa shape index (κ2) is 6.17. The molecule has 3 rings (SSSR count). The standard InChI is InChI=1S/C17H11F4N3O2/c18-12-5-8(17(19,20)21)1-3-10(12)15-14(22)16(24-7-23-15)11-4-2-9(25)6-13(11)26/h1-7,25-26H,22H2. The number of nitrogens with zero attached hydrogens (tertiary/aromatic N) is 2. The summed E-state index contributed by atoms with van der Waals surface area (Å²) in [6.07, 6.45) is -3.63. The molecule has 0 fully saturated rings. The van der Waals surface area contributed by atoms with Gasteiger partial charge in [0.2, 0.25) is 0 Å². The minimum atomic E-state index is -4.68. The van der Waals surface area contributed by atoms with Crippen LogP contribution in [0.3, 0.4) is 0 Å². The van der Waals surface area contributed by atoms with Crippen LogP contribution in [0.2, 0.25) is 0 Å². The number of aromatic nitrogens is 2. The van der Waals surface area contributed by atoms with Crippen LogP contribution >= 0.6 is 0 Å². The van der Waals surface area contributed by atoms with Gasteiger partial charge in [-0.3, -0.25) is 0 Å². The molecule has 9 heteroatoms. The third-order valence-corrected chi connectivity index (χ3v) is 3.67. The molecule has 0 unspecified atom stereocenters. The van der Waals surface area contributed by atoms with Gasteiger partial charge in [0.05, 0.1) is 11.3 Å². The van der Waals surface area contributed by atoms with Crippen LogP contribution in [0.4, 0.5) is 23.2 Å². The molecule has 0 aliphatic heterocycles. The van der Waals surface area contributed by atoms with Crippen LogP contribution in [0.1, 0.15) is 5.56 Å². The maximum absolute atomic E-state index is 14.2. The molecule has 1 heterocycles. The maximum Gasteiger partial charge on any atom is 0.416 e. The monoisotopic (exact) mass is 365 g/mol. The first-order valence-electron chi connectivity index (χ1n) is 7.18. The summed E-state index contributed by atoms with van der Waals surface area (Å²) in [6, 6.07) is 5.70. The number of halogens is 4. The molecule has 0 saturated heterocycles. The van der Waals surface area contributed by atoms with Crippen LogP contribution in [0, 0.1) is 5.82 Å². The third kappa shape index (κ3) is 3.10. The summed E-state index contributed by atoms with van der Waals surface area (Å²) in [7, 11) is 0. The Morgan fingerprint density at radius 3 is 2.08 bits per heavy atom. The number of alkyl halides is 3. The average Bonchev–Trinajstić information content (AvgIpc) is 2.55. The van der Waals surface area contributed by atoms with E-state index >= 15 is 0 Å². The van der Waals surface area contributed by atoms with Gasteiger partial charge < -0.3 is 15.9 Å². The van der Waals surface area contributed by atoms with Gasteiger partial charge in [-0.25, -0.2) is 14.4 Å². The average molecular weight is 365 g/mol. The van der Waals surface area contributed by atoms with Gasteiger partial charge in [-0.2, -0.15) is 13.2 Å². The quantitative estimate of drug-likeness (QED) is 0.598. The van der Waals surface area contributed by atoms with Crippen LogP contribution in [0.15, 0.2) is 42.7 Å². The first-order chi connectivity index (χ1) is 12.2. The zero-order valence-corrected chi connectivity index (χ0v) is 12.9. The molecule has 26 heavy (non-hydrogen) atoms. The number of benzene rings is 2. The van der Waals surface area contributed by atoms with Crippen LogP contribution in [-0.2, 0) is 6.18 Å². The second-order valence-electron chi connectivity index (χ2n) is 5.38. The lowest BCUT2D eigenvalue weighted by Gasteiger charge is -2.13. The first-order valence-corrected chi connectivity index (χ1v) is 7.18. The van der Waals surface area contributed by atoms with Gasteiger partial charge >= 0.3 is 6.18 Å². The van der Waals surface area contributed by atoms with E-state index in [-0.39, 0.29) is 39.7 Å². The first kappa shape index (κ1) is 17.5. The third-order valence-electron chi connectivity index (χ3n) is 3.67. The number of aromatic hydroxyl groups is 2. The van der Waals surface area contributed by atoms with Gasteiger partial charge in [0.15, 0.2) is 0 Å². The summed E-state index contributed by atoms with van der Waals surface area (Å²) in [5.41, 5.74) is 4.53. The summed E-state index contributed by atoms with van der Waals surface area (Å²) in [6.45, 7) is 0. The molecule has 3 aromatic rings. The fraction of sp³-hybridized carbons (Fsp3) is 0.0588. The number of anilines is 1. The van der Waals surface area contributed by atoms with Crippen molar-refractivity contribution in [2.45, 2.75) is 6.18 Å². The normalized spacial score (nSPS) is 11.5. The van der Waals surface area contributed by atoms with Crippen molar-refractivity contribution < 1.29 is 27.8 Å². The molecule has 0 radical (unpaired) electrons. The van der Waals surface area contributed by atoms with Crippen molar-refractivity contribution in [2.75, 3.05) is 5.73 Å². The molecule has 0 aliphatic carbocycles. The Morgan fingerprint density at radius 1 is 0.885 bits per heavy atom. The molecule has 4 N–H and O–H groups in total. The summed E-state index contributed by atoms with van der Waals surface area (Å²) in [4.78, 5) is 7.78. The number of hydrogen-bond donors (Lipinski definition) is 3. The molecular weight excluding hydrogens is 354 g/mol. The molecule has 0 spiro atoms. The van der Waals surface area contributed by atoms with Gasteiger partial charge in [0.1, 0.15) is 35.0 Å². The highest BCUT2D eigenvalue weighted by molar-refractivity contribution is 5.86. The number of nitrogen functional groups attached to an aromatic ring is 1. The van der Waals surface area contributed by atoms with Crippen molar-refractivity contribution in [2.24, 2.45) is 0 Å². The van der Waals surface area contributed by atoms with E-state index in [1.54, 1.807) is 0 Å². The Hall–Kier alpha value is -3.36. The maximum atomic E-state index is 14.2. The predicted molar refractivity (Wildman–Crippen MR) is 85.6 cm³/mol. The van der Waals surface area contributed by atoms with Gasteiger partial charge in [0, 0.05) is 17.2 Å². The highest BCUT2D eigenvalue weighted by Gasteiger charge is 2.31. The molecule has 134 valence electrons. The van der Waals surface area contributed by atoms with Crippen molar-refractivity contribution in [3.63, 3.8) is 0 Å². The van der Waals surface area contributed by atoms with Crippen LogP contribution in [0.25, 0.3) is 22.5 Å². The van der Waals surface area contributed by atoms with E-state index in [1.165, 1.54) is 12.1 Å². The molecule has 0 atom stereocenters. The molecule has 0 aliphatic rings. The summed E-state index contributed by atoms with van der Waals surface area (Å²) in [5, 5.41) is 19.3. The Morgan fingerprint density at radius 2 is 1.50 bits per heavy atom. The lowest BCUT2D eigenvalue weighted by atomic mass is 10.0. The van der Waals surface area contributed by atoms with Gasteiger partial charge in [-0.1, -0.05) is 0 Å². The smallest absolute Gasteiger partial charge is 0.416 e. The zero-order chi connectivity index (χ0) is 19.1. The molecule has 0 amide bonds. The zero-order valence-electron chi connectivity index (χ0n) is 12.9. The fourth-order valence-corrected chi connectivity index (χ4v) is 2.43. The number of phenolic OH excluding ortho intramolecular Hbond substituents is 2.